The minimum Gasteiger partial charge on any atom is -0.394 e. The Morgan fingerprint density at radius 3 is 3.05 bits per heavy atom. The minimum atomic E-state index is -1.88. The van der Waals surface area contributed by atoms with E-state index in [1.165, 1.54) is 6.33 Å². The normalized spacial score (nSPS) is 30.1. The van der Waals surface area contributed by atoms with Crippen LogP contribution in [0.25, 0.3) is 11.2 Å². The number of H-pyrrole nitrogens is 1. The summed E-state index contributed by atoms with van der Waals surface area (Å²) in [5.41, 5.74) is 3.03. The quantitative estimate of drug-likeness (QED) is 0.392. The van der Waals surface area contributed by atoms with Crippen LogP contribution in [-0.2, 0) is 10.5 Å². The molecule has 3 atom stereocenters. The number of nitrogens with zero attached hydrogens (tertiary/aromatic N) is 3. The van der Waals surface area contributed by atoms with Gasteiger partial charge in [0.25, 0.3) is 5.56 Å². The molecule has 3 heterocycles. The maximum absolute atomic E-state index is 11.7. The second-order valence-electron chi connectivity index (χ2n) is 4.59. The summed E-state index contributed by atoms with van der Waals surface area (Å²) in [5, 5.41) is 29.7. The summed E-state index contributed by atoms with van der Waals surface area (Å²) in [6.45, 7) is -0.731. The van der Waals surface area contributed by atoms with Gasteiger partial charge in [0.05, 0.1) is 19.5 Å². The van der Waals surface area contributed by atoms with Crippen molar-refractivity contribution in [3.8, 4) is 0 Å². The van der Waals surface area contributed by atoms with Crippen molar-refractivity contribution in [2.24, 2.45) is 0 Å². The van der Waals surface area contributed by atoms with Gasteiger partial charge in [-0.1, -0.05) is 0 Å². The summed E-state index contributed by atoms with van der Waals surface area (Å²) >= 11 is 0. The Kier molecular flexibility index (Phi) is 2.76. The Morgan fingerprint density at radius 1 is 1.65 bits per heavy atom. The average Bonchev–Trinajstić information content (AvgIpc) is 2.94. The zero-order valence-electron chi connectivity index (χ0n) is 10.2. The predicted octanol–water partition coefficient (Wildman–Crippen LogP) is -2.90. The lowest BCUT2D eigenvalue weighted by Gasteiger charge is -2.27. The first-order valence-corrected chi connectivity index (χ1v) is 5.83. The highest BCUT2D eigenvalue weighted by molar-refractivity contribution is 5.70. The third kappa shape index (κ3) is 1.63. The molecule has 1 fully saturated rings. The van der Waals surface area contributed by atoms with Crippen LogP contribution in [0.4, 0.5) is 5.95 Å². The van der Waals surface area contributed by atoms with E-state index >= 15 is 0 Å². The number of nitrogens with two attached hydrogens (primary N) is 1. The zero-order valence-corrected chi connectivity index (χ0v) is 10.2. The van der Waals surface area contributed by atoms with Crippen molar-refractivity contribution in [3.05, 3.63) is 16.7 Å². The van der Waals surface area contributed by atoms with Gasteiger partial charge in [-0.25, -0.2) is 4.98 Å². The highest BCUT2D eigenvalue weighted by Crippen LogP contribution is 2.31. The summed E-state index contributed by atoms with van der Waals surface area (Å²) in [6, 6.07) is 0. The third-order valence-electron chi connectivity index (χ3n) is 3.36. The van der Waals surface area contributed by atoms with E-state index in [1.807, 2.05) is 0 Å². The van der Waals surface area contributed by atoms with E-state index in [9.17, 15) is 15.0 Å². The van der Waals surface area contributed by atoms with Gasteiger partial charge in [-0.3, -0.25) is 14.3 Å². The maximum atomic E-state index is 11.7. The van der Waals surface area contributed by atoms with Crippen LogP contribution in [0.1, 0.15) is 0 Å². The molecule has 1 saturated heterocycles. The fourth-order valence-electron chi connectivity index (χ4n) is 2.28. The molecule has 10 heteroatoms. The lowest BCUT2D eigenvalue weighted by atomic mass is 10.1. The molecule has 108 valence electrons. The number of ether oxygens (including phenoxy) is 1. The van der Waals surface area contributed by atoms with Gasteiger partial charge in [0.2, 0.25) is 5.95 Å². The van der Waals surface area contributed by atoms with Crippen molar-refractivity contribution in [2.45, 2.75) is 17.9 Å². The largest absolute Gasteiger partial charge is 0.394 e. The Hall–Kier alpha value is -2.01. The Labute approximate surface area is 111 Å². The number of nitrogens with one attached hydrogen (secondary N) is 1. The first-order valence-electron chi connectivity index (χ1n) is 5.83. The van der Waals surface area contributed by atoms with E-state index < -0.39 is 30.1 Å². The van der Waals surface area contributed by atoms with Gasteiger partial charge >= 0.3 is 0 Å². The fraction of sp³-hybridized carbons (Fsp3) is 0.500. The van der Waals surface area contributed by atoms with E-state index in [4.69, 9.17) is 15.6 Å². The van der Waals surface area contributed by atoms with Crippen LogP contribution < -0.4 is 11.3 Å². The number of aromatic nitrogens is 4. The van der Waals surface area contributed by atoms with E-state index in [-0.39, 0.29) is 23.7 Å². The highest BCUT2D eigenvalue weighted by atomic mass is 16.5. The molecule has 2 aromatic rings. The second-order valence-corrected chi connectivity index (χ2v) is 4.59. The molecule has 0 saturated carbocycles. The van der Waals surface area contributed by atoms with Crippen molar-refractivity contribution in [2.75, 3.05) is 18.9 Å². The molecule has 0 aliphatic carbocycles. The number of imidazole rings is 1. The molecular weight excluding hydrogens is 270 g/mol. The van der Waals surface area contributed by atoms with Gasteiger partial charge in [0.1, 0.15) is 12.2 Å². The summed E-state index contributed by atoms with van der Waals surface area (Å²) in [6.07, 6.45) is -1.16. The lowest BCUT2D eigenvalue weighted by molar-refractivity contribution is -0.110. The van der Waals surface area contributed by atoms with E-state index in [2.05, 4.69) is 15.0 Å². The van der Waals surface area contributed by atoms with Gasteiger partial charge in [0, 0.05) is 0 Å². The average molecular weight is 283 g/mol. The van der Waals surface area contributed by atoms with E-state index in [0.717, 1.165) is 4.57 Å². The van der Waals surface area contributed by atoms with Gasteiger partial charge in [-0.2, -0.15) is 4.98 Å². The molecule has 0 bridgehead atoms. The topological polar surface area (TPSA) is 160 Å². The number of aliphatic hydroxyl groups is 3. The van der Waals surface area contributed by atoms with Crippen molar-refractivity contribution in [3.63, 3.8) is 0 Å². The predicted molar refractivity (Wildman–Crippen MR) is 65.6 cm³/mol. The first kappa shape index (κ1) is 13.0. The monoisotopic (exact) mass is 283 g/mol. The molecule has 3 rings (SSSR count). The molecular formula is C10H13N5O5. The fourth-order valence-corrected chi connectivity index (χ4v) is 2.28. The van der Waals surface area contributed by atoms with E-state index in [1.54, 1.807) is 0 Å². The zero-order chi connectivity index (χ0) is 14.5. The number of aromatic amines is 1. The minimum absolute atomic E-state index is 0.0210. The molecule has 6 N–H and O–H groups in total. The van der Waals surface area contributed by atoms with Gasteiger partial charge in [-0.15, -0.1) is 0 Å². The van der Waals surface area contributed by atoms with E-state index in [0.29, 0.717) is 0 Å². The van der Waals surface area contributed by atoms with Gasteiger partial charge < -0.3 is 25.8 Å². The summed E-state index contributed by atoms with van der Waals surface area (Å²) < 4.78 is 6.24. The molecule has 20 heavy (non-hydrogen) atoms. The van der Waals surface area contributed by atoms with Crippen LogP contribution in [0.2, 0.25) is 0 Å². The number of fused-ring (bicyclic) bond motifs is 1. The van der Waals surface area contributed by atoms with Crippen LogP contribution in [0.5, 0.6) is 0 Å². The first-order chi connectivity index (χ1) is 9.47. The van der Waals surface area contributed by atoms with Crippen LogP contribution in [-0.4, -0.2) is 60.3 Å². The van der Waals surface area contributed by atoms with Crippen molar-refractivity contribution >= 4 is 17.1 Å². The number of aliphatic hydroxyl groups excluding tert-OH is 2. The number of rotatable bonds is 2. The Balaban J connectivity index is 2.18. The van der Waals surface area contributed by atoms with Gasteiger partial charge in [0.15, 0.2) is 16.9 Å². The maximum Gasteiger partial charge on any atom is 0.280 e. The SMILES string of the molecule is Nc1nc2c(ncn2[C@@]2(O)CO[C@H](CO)[C@H]2O)c(=O)[nH]1. The molecule has 1 aliphatic rings. The van der Waals surface area contributed by atoms with Crippen molar-refractivity contribution in [1.29, 1.82) is 0 Å². The molecule has 10 nitrogen and oxygen atoms in total. The number of nitrogen functional groups attached to an aromatic ring is 1. The van der Waals surface area contributed by atoms with Crippen molar-refractivity contribution in [1.82, 2.24) is 19.5 Å². The smallest absolute Gasteiger partial charge is 0.280 e. The number of anilines is 1. The summed E-state index contributed by atoms with van der Waals surface area (Å²) in [5.74, 6) is -0.139. The highest BCUT2D eigenvalue weighted by Gasteiger charge is 2.50. The molecule has 2 aromatic heterocycles. The van der Waals surface area contributed by atoms with Crippen LogP contribution in [0.15, 0.2) is 11.1 Å². The standard InChI is InChI=1S/C10H13N5O5/c11-9-13-7-5(8(18)14-9)12-3-15(7)10(19)2-20-4(1-16)6(10)17/h3-4,6,16-17,19H,1-2H2,(H3,11,13,14,18)/t4-,6-,10-/m1/s1. The van der Waals surface area contributed by atoms with Crippen LogP contribution in [0, 0.1) is 0 Å². The molecule has 0 spiro atoms. The van der Waals surface area contributed by atoms with Crippen LogP contribution >= 0.6 is 0 Å². The van der Waals surface area contributed by atoms with Crippen molar-refractivity contribution < 1.29 is 20.1 Å². The molecule has 0 amide bonds. The second kappa shape index (κ2) is 4.24. The lowest BCUT2D eigenvalue weighted by Crippen LogP contribution is -2.46. The molecule has 1 aliphatic heterocycles. The molecule has 0 radical (unpaired) electrons. The Bertz CT molecular complexity index is 712. The van der Waals surface area contributed by atoms with Crippen LogP contribution in [0.3, 0.4) is 0 Å². The summed E-state index contributed by atoms with van der Waals surface area (Å²) in [7, 11) is 0. The molecule has 0 unspecified atom stereocenters. The summed E-state index contributed by atoms with van der Waals surface area (Å²) in [4.78, 5) is 21.7. The van der Waals surface area contributed by atoms with Gasteiger partial charge in [-0.05, 0) is 0 Å². The number of hydrogen-bond acceptors (Lipinski definition) is 8. The number of hydrogen-bond donors (Lipinski definition) is 5. The molecule has 0 aromatic carbocycles. The Morgan fingerprint density at radius 2 is 2.40 bits per heavy atom. The third-order valence-corrected chi connectivity index (χ3v) is 3.36.